The van der Waals surface area contributed by atoms with Crippen LogP contribution in [-0.2, 0) is 6.54 Å². The van der Waals surface area contributed by atoms with Crippen LogP contribution in [0.5, 0.6) is 0 Å². The third-order valence-corrected chi connectivity index (χ3v) is 3.22. The molecule has 104 valence electrons. The molecule has 7 heteroatoms. The number of rotatable bonds is 3. The molecule has 1 N–H and O–H groups in total. The number of benzene rings is 1. The lowest BCUT2D eigenvalue weighted by atomic mass is 10.2. The molecule has 1 amide bonds. The van der Waals surface area contributed by atoms with Crippen LogP contribution >= 0.6 is 27.5 Å². The molecule has 0 unspecified atom stereocenters. The second-order valence-electron chi connectivity index (χ2n) is 3.92. The van der Waals surface area contributed by atoms with Crippen molar-refractivity contribution in [1.82, 2.24) is 10.3 Å². The van der Waals surface area contributed by atoms with E-state index in [0.29, 0.717) is 10.0 Å². The molecule has 0 spiro atoms. The summed E-state index contributed by atoms with van der Waals surface area (Å²) in [7, 11) is 0. The Hall–Kier alpha value is -1.53. The monoisotopic (exact) mass is 360 g/mol. The first-order valence-corrected chi connectivity index (χ1v) is 6.67. The Bertz CT molecular complexity index is 667. The predicted octanol–water partition coefficient (Wildman–Crippen LogP) is 3.71. The molecule has 0 radical (unpaired) electrons. The molecule has 0 fully saturated rings. The normalized spacial score (nSPS) is 10.4. The van der Waals surface area contributed by atoms with E-state index in [2.05, 4.69) is 26.2 Å². The third kappa shape index (κ3) is 3.52. The van der Waals surface area contributed by atoms with Crippen LogP contribution in [0.4, 0.5) is 8.78 Å². The molecule has 0 aliphatic heterocycles. The smallest absolute Gasteiger partial charge is 0.254 e. The second-order valence-corrected chi connectivity index (χ2v) is 5.20. The highest BCUT2D eigenvalue weighted by Gasteiger charge is 2.12. The zero-order chi connectivity index (χ0) is 14.7. The quantitative estimate of drug-likeness (QED) is 0.847. The number of nitrogens with zero attached hydrogens (tertiary/aromatic N) is 1. The molecule has 0 aliphatic carbocycles. The average molecular weight is 362 g/mol. The van der Waals surface area contributed by atoms with E-state index in [4.69, 9.17) is 11.6 Å². The van der Waals surface area contributed by atoms with Crippen molar-refractivity contribution >= 4 is 33.4 Å². The number of halogens is 4. The summed E-state index contributed by atoms with van der Waals surface area (Å²) in [6.45, 7) is 0.0544. The Labute approximate surface area is 127 Å². The maximum Gasteiger partial charge on any atom is 0.254 e. The minimum Gasteiger partial charge on any atom is -0.348 e. The van der Waals surface area contributed by atoms with Crippen LogP contribution in [0.15, 0.2) is 34.9 Å². The zero-order valence-electron chi connectivity index (χ0n) is 9.96. The van der Waals surface area contributed by atoms with Crippen LogP contribution in [0.3, 0.4) is 0 Å². The van der Waals surface area contributed by atoms with Crippen LogP contribution in [0.1, 0.15) is 15.9 Å². The van der Waals surface area contributed by atoms with Crippen LogP contribution < -0.4 is 5.32 Å². The van der Waals surface area contributed by atoms with Gasteiger partial charge < -0.3 is 5.32 Å². The van der Waals surface area contributed by atoms with Crippen molar-refractivity contribution in [3.63, 3.8) is 0 Å². The molecule has 1 aromatic heterocycles. The molecule has 0 aliphatic rings. The molecule has 1 aromatic carbocycles. The first-order chi connectivity index (χ1) is 9.47. The van der Waals surface area contributed by atoms with E-state index in [1.54, 1.807) is 0 Å². The van der Waals surface area contributed by atoms with Crippen LogP contribution in [0, 0.1) is 11.6 Å². The van der Waals surface area contributed by atoms with Gasteiger partial charge in [0, 0.05) is 17.2 Å². The fourth-order valence-electron chi connectivity index (χ4n) is 1.51. The fourth-order valence-corrected chi connectivity index (χ4v) is 2.03. The molecule has 0 bridgehead atoms. The Morgan fingerprint density at radius 3 is 2.75 bits per heavy atom. The van der Waals surface area contributed by atoms with Crippen molar-refractivity contribution in [2.75, 3.05) is 0 Å². The topological polar surface area (TPSA) is 42.0 Å². The van der Waals surface area contributed by atoms with Crippen LogP contribution in [0.2, 0.25) is 5.15 Å². The average Bonchev–Trinajstić information content (AvgIpc) is 2.42. The van der Waals surface area contributed by atoms with Gasteiger partial charge in [-0.25, -0.2) is 13.8 Å². The lowest BCUT2D eigenvalue weighted by molar-refractivity contribution is 0.0950. The van der Waals surface area contributed by atoms with Gasteiger partial charge in [-0.15, -0.1) is 0 Å². The Kier molecular flexibility index (Phi) is 4.67. The summed E-state index contributed by atoms with van der Waals surface area (Å²) in [5, 5.41) is 2.62. The van der Waals surface area contributed by atoms with Gasteiger partial charge in [-0.3, -0.25) is 4.79 Å². The molecular weight excluding hydrogens is 354 g/mol. The van der Waals surface area contributed by atoms with Crippen LogP contribution in [-0.4, -0.2) is 10.9 Å². The summed E-state index contributed by atoms with van der Waals surface area (Å²) in [6.07, 6.45) is 1.47. The summed E-state index contributed by atoms with van der Waals surface area (Å²) in [5.74, 6) is -2.34. The van der Waals surface area contributed by atoms with E-state index in [-0.39, 0.29) is 17.3 Å². The SMILES string of the molecule is O=C(NCc1ccc(F)c(F)c1)c1cc(Br)cnc1Cl. The summed E-state index contributed by atoms with van der Waals surface area (Å²) in [5.41, 5.74) is 0.639. The van der Waals surface area contributed by atoms with Gasteiger partial charge in [-0.05, 0) is 39.7 Å². The molecule has 0 saturated heterocycles. The Morgan fingerprint density at radius 1 is 1.30 bits per heavy atom. The van der Waals surface area contributed by atoms with Gasteiger partial charge in [0.2, 0.25) is 0 Å². The van der Waals surface area contributed by atoms with Gasteiger partial charge in [-0.1, -0.05) is 17.7 Å². The van der Waals surface area contributed by atoms with Gasteiger partial charge in [0.1, 0.15) is 5.15 Å². The first kappa shape index (κ1) is 14.9. The van der Waals surface area contributed by atoms with Crippen molar-refractivity contribution in [1.29, 1.82) is 0 Å². The number of aromatic nitrogens is 1. The molecule has 0 atom stereocenters. The van der Waals surface area contributed by atoms with E-state index in [0.717, 1.165) is 12.1 Å². The van der Waals surface area contributed by atoms with Gasteiger partial charge in [-0.2, -0.15) is 0 Å². The second kappa shape index (κ2) is 6.28. The van der Waals surface area contributed by atoms with Crippen molar-refractivity contribution in [3.8, 4) is 0 Å². The Morgan fingerprint density at radius 2 is 2.05 bits per heavy atom. The summed E-state index contributed by atoms with van der Waals surface area (Å²) in [4.78, 5) is 15.7. The molecule has 20 heavy (non-hydrogen) atoms. The van der Waals surface area contributed by atoms with Crippen molar-refractivity contribution in [3.05, 3.63) is 62.8 Å². The number of hydrogen-bond donors (Lipinski definition) is 1. The number of carbonyl (C=O) groups excluding carboxylic acids is 1. The minimum absolute atomic E-state index is 0.0544. The largest absolute Gasteiger partial charge is 0.348 e. The lowest BCUT2D eigenvalue weighted by Crippen LogP contribution is -2.23. The molecule has 2 aromatic rings. The number of hydrogen-bond acceptors (Lipinski definition) is 2. The van der Waals surface area contributed by atoms with Gasteiger partial charge in [0.05, 0.1) is 5.56 Å². The molecular formula is C13H8BrClF2N2O. The van der Waals surface area contributed by atoms with Crippen LogP contribution in [0.25, 0.3) is 0 Å². The molecule has 3 nitrogen and oxygen atoms in total. The first-order valence-electron chi connectivity index (χ1n) is 5.50. The van der Waals surface area contributed by atoms with E-state index in [1.807, 2.05) is 0 Å². The van der Waals surface area contributed by atoms with E-state index in [9.17, 15) is 13.6 Å². The predicted molar refractivity (Wildman–Crippen MR) is 74.5 cm³/mol. The summed E-state index contributed by atoms with van der Waals surface area (Å²) >= 11 is 9.00. The maximum atomic E-state index is 13.0. The van der Waals surface area contributed by atoms with Crippen molar-refractivity contribution < 1.29 is 13.6 Å². The number of carbonyl (C=O) groups is 1. The van der Waals surface area contributed by atoms with Gasteiger partial charge >= 0.3 is 0 Å². The molecule has 0 saturated carbocycles. The summed E-state index contributed by atoms with van der Waals surface area (Å²) in [6, 6.07) is 4.94. The van der Waals surface area contributed by atoms with Crippen molar-refractivity contribution in [2.24, 2.45) is 0 Å². The minimum atomic E-state index is -0.959. The maximum absolute atomic E-state index is 13.0. The molecule has 1 heterocycles. The van der Waals surface area contributed by atoms with E-state index >= 15 is 0 Å². The lowest BCUT2D eigenvalue weighted by Gasteiger charge is -2.07. The van der Waals surface area contributed by atoms with Gasteiger partial charge in [0.15, 0.2) is 11.6 Å². The van der Waals surface area contributed by atoms with Gasteiger partial charge in [0.25, 0.3) is 5.91 Å². The Balaban J connectivity index is 2.08. The van der Waals surface area contributed by atoms with Crippen molar-refractivity contribution in [2.45, 2.75) is 6.54 Å². The fraction of sp³-hybridized carbons (Fsp3) is 0.0769. The number of pyridine rings is 1. The zero-order valence-corrected chi connectivity index (χ0v) is 12.3. The third-order valence-electron chi connectivity index (χ3n) is 2.49. The standard InChI is InChI=1S/C13H8BrClF2N2O/c14-8-4-9(12(15)18-6-8)13(20)19-5-7-1-2-10(16)11(17)3-7/h1-4,6H,5H2,(H,19,20). The van der Waals surface area contributed by atoms with E-state index in [1.165, 1.54) is 18.3 Å². The summed E-state index contributed by atoms with van der Waals surface area (Å²) < 4.78 is 26.4. The number of amides is 1. The number of nitrogens with one attached hydrogen (secondary N) is 1. The molecule has 2 rings (SSSR count). The highest BCUT2D eigenvalue weighted by atomic mass is 79.9. The van der Waals surface area contributed by atoms with E-state index < -0.39 is 17.5 Å². The highest BCUT2D eigenvalue weighted by molar-refractivity contribution is 9.10. The highest BCUT2D eigenvalue weighted by Crippen LogP contribution is 2.18.